The third kappa shape index (κ3) is 3.25. The number of aromatic nitrogens is 2. The molecule has 0 aliphatic rings. The van der Waals surface area contributed by atoms with Gasteiger partial charge >= 0.3 is 6.09 Å². The zero-order chi connectivity index (χ0) is 17.1. The second kappa shape index (κ2) is 6.50. The lowest BCUT2D eigenvalue weighted by molar-refractivity contribution is 0.211. The minimum absolute atomic E-state index is 0.343. The van der Waals surface area contributed by atoms with Crippen molar-refractivity contribution in [2.45, 2.75) is 13.8 Å². The van der Waals surface area contributed by atoms with Gasteiger partial charge in [-0.1, -0.05) is 30.3 Å². The molecule has 2 aromatic heterocycles. The normalized spacial score (nSPS) is 10.4. The molecule has 0 unspecified atom stereocenters. The van der Waals surface area contributed by atoms with Crippen LogP contribution in [-0.2, 0) is 0 Å². The van der Waals surface area contributed by atoms with Gasteiger partial charge in [-0.25, -0.2) is 9.78 Å². The fraction of sp³-hybridized carbons (Fsp3) is 0.105. The van der Waals surface area contributed by atoms with Gasteiger partial charge in [0.25, 0.3) is 0 Å². The maximum absolute atomic E-state index is 11.2. The molecular weight excluding hydrogens is 302 g/mol. The second-order valence-corrected chi connectivity index (χ2v) is 5.48. The van der Waals surface area contributed by atoms with E-state index < -0.39 is 6.09 Å². The van der Waals surface area contributed by atoms with Crippen LogP contribution in [0.2, 0.25) is 0 Å². The summed E-state index contributed by atoms with van der Waals surface area (Å²) in [5.41, 5.74) is 10.1. The average Bonchev–Trinajstić information content (AvgIpc) is 2.56. The van der Waals surface area contributed by atoms with E-state index in [1.807, 2.05) is 56.3 Å². The van der Waals surface area contributed by atoms with Gasteiger partial charge in [0, 0.05) is 23.0 Å². The first-order chi connectivity index (χ1) is 11.5. The van der Waals surface area contributed by atoms with Gasteiger partial charge in [-0.15, -0.1) is 0 Å². The summed E-state index contributed by atoms with van der Waals surface area (Å²) in [6, 6.07) is 15.2. The van der Waals surface area contributed by atoms with E-state index in [1.165, 1.54) is 0 Å². The summed E-state index contributed by atoms with van der Waals surface area (Å²) < 4.78 is 5.15. The number of hydrogen-bond donors (Lipinski definition) is 1. The highest BCUT2D eigenvalue weighted by Crippen LogP contribution is 2.33. The Bertz CT molecular complexity index is 875. The summed E-state index contributed by atoms with van der Waals surface area (Å²) in [5.74, 6) is 0.343. The molecule has 24 heavy (non-hydrogen) atoms. The summed E-state index contributed by atoms with van der Waals surface area (Å²) in [5, 5.41) is 0. The molecule has 3 aromatic rings. The number of nitrogens with zero attached hydrogens (tertiary/aromatic N) is 2. The van der Waals surface area contributed by atoms with E-state index in [1.54, 1.807) is 12.3 Å². The second-order valence-electron chi connectivity index (χ2n) is 5.48. The minimum atomic E-state index is -0.863. The smallest absolute Gasteiger partial charge is 0.408 e. The highest BCUT2D eigenvalue weighted by atomic mass is 16.5. The predicted molar refractivity (Wildman–Crippen MR) is 92.6 cm³/mol. The van der Waals surface area contributed by atoms with E-state index in [0.717, 1.165) is 28.1 Å². The number of ether oxygens (including phenoxy) is 1. The molecule has 1 amide bonds. The molecule has 0 saturated carbocycles. The number of primary amides is 1. The lowest BCUT2D eigenvalue weighted by atomic mass is 10.0. The van der Waals surface area contributed by atoms with Crippen LogP contribution in [0, 0.1) is 13.8 Å². The van der Waals surface area contributed by atoms with Gasteiger partial charge < -0.3 is 10.5 Å². The van der Waals surface area contributed by atoms with Crippen LogP contribution in [0.3, 0.4) is 0 Å². The Morgan fingerprint density at radius 1 is 1.00 bits per heavy atom. The number of pyridine rings is 2. The molecule has 0 atom stereocenters. The Kier molecular flexibility index (Phi) is 4.24. The summed E-state index contributed by atoms with van der Waals surface area (Å²) >= 11 is 0. The molecule has 2 heterocycles. The van der Waals surface area contributed by atoms with Gasteiger partial charge in [0.1, 0.15) is 5.69 Å². The summed E-state index contributed by atoms with van der Waals surface area (Å²) in [6.45, 7) is 3.84. The Balaban J connectivity index is 2.18. The fourth-order valence-electron chi connectivity index (χ4n) is 2.48. The molecular formula is C19H17N3O2. The predicted octanol–water partition coefficient (Wildman–Crippen LogP) is 3.88. The lowest BCUT2D eigenvalue weighted by Gasteiger charge is -2.13. The van der Waals surface area contributed by atoms with Crippen LogP contribution in [-0.4, -0.2) is 16.1 Å². The van der Waals surface area contributed by atoms with Crippen molar-refractivity contribution in [2.75, 3.05) is 0 Å². The standard InChI is InChI=1S/C19H17N3O2/c1-12-10-16(24-19(20)23)18(14-6-4-3-5-7-14)22-17(12)15-9-8-13(2)21-11-15/h3-11H,1-2H3,(H2,20,23). The highest BCUT2D eigenvalue weighted by Gasteiger charge is 2.15. The number of rotatable bonds is 3. The summed E-state index contributed by atoms with van der Waals surface area (Å²) in [6.07, 6.45) is 0.923. The zero-order valence-corrected chi connectivity index (χ0v) is 13.5. The van der Waals surface area contributed by atoms with E-state index >= 15 is 0 Å². The number of nitrogens with two attached hydrogens (primary N) is 1. The van der Waals surface area contributed by atoms with E-state index in [4.69, 9.17) is 15.5 Å². The monoisotopic (exact) mass is 319 g/mol. The van der Waals surface area contributed by atoms with Gasteiger partial charge in [0.15, 0.2) is 5.75 Å². The lowest BCUT2D eigenvalue weighted by Crippen LogP contribution is -2.17. The van der Waals surface area contributed by atoms with E-state index in [-0.39, 0.29) is 0 Å². The number of carbonyl (C=O) groups is 1. The van der Waals surface area contributed by atoms with Crippen LogP contribution in [0.25, 0.3) is 22.5 Å². The molecule has 1 aromatic carbocycles. The van der Waals surface area contributed by atoms with Gasteiger partial charge in [0.2, 0.25) is 0 Å². The molecule has 0 aliphatic carbocycles. The molecule has 0 bridgehead atoms. The minimum Gasteiger partial charge on any atom is -0.408 e. The first-order valence-electron chi connectivity index (χ1n) is 7.52. The van der Waals surface area contributed by atoms with Crippen molar-refractivity contribution < 1.29 is 9.53 Å². The van der Waals surface area contributed by atoms with Crippen molar-refractivity contribution >= 4 is 6.09 Å². The Morgan fingerprint density at radius 3 is 2.38 bits per heavy atom. The van der Waals surface area contributed by atoms with Crippen molar-refractivity contribution in [3.63, 3.8) is 0 Å². The van der Waals surface area contributed by atoms with Gasteiger partial charge in [-0.3, -0.25) is 4.98 Å². The molecule has 5 nitrogen and oxygen atoms in total. The van der Waals surface area contributed by atoms with Crippen LogP contribution in [0.4, 0.5) is 4.79 Å². The molecule has 2 N–H and O–H groups in total. The Labute approximate surface area is 140 Å². The fourth-order valence-corrected chi connectivity index (χ4v) is 2.48. The molecule has 0 aliphatic heterocycles. The number of hydrogen-bond acceptors (Lipinski definition) is 4. The van der Waals surface area contributed by atoms with Crippen molar-refractivity contribution in [2.24, 2.45) is 5.73 Å². The molecule has 5 heteroatoms. The van der Waals surface area contributed by atoms with E-state index in [2.05, 4.69) is 4.98 Å². The zero-order valence-electron chi connectivity index (χ0n) is 13.5. The molecule has 3 rings (SSSR count). The van der Waals surface area contributed by atoms with Gasteiger partial charge in [0.05, 0.1) is 5.69 Å². The van der Waals surface area contributed by atoms with E-state index in [9.17, 15) is 4.79 Å². The third-order valence-electron chi connectivity index (χ3n) is 3.62. The van der Waals surface area contributed by atoms with Gasteiger partial charge in [-0.2, -0.15) is 0 Å². The quantitative estimate of drug-likeness (QED) is 0.794. The van der Waals surface area contributed by atoms with Crippen molar-refractivity contribution in [1.29, 1.82) is 0 Å². The van der Waals surface area contributed by atoms with Crippen LogP contribution < -0.4 is 10.5 Å². The first kappa shape index (κ1) is 15.7. The van der Waals surface area contributed by atoms with Crippen molar-refractivity contribution in [3.05, 3.63) is 66.0 Å². The number of benzene rings is 1. The molecule has 0 saturated heterocycles. The highest BCUT2D eigenvalue weighted by molar-refractivity contribution is 5.77. The van der Waals surface area contributed by atoms with Gasteiger partial charge in [-0.05, 0) is 37.6 Å². The van der Waals surface area contributed by atoms with Crippen LogP contribution in [0.1, 0.15) is 11.3 Å². The SMILES string of the molecule is Cc1ccc(-c2nc(-c3ccccc3)c(OC(N)=O)cc2C)cn1. The average molecular weight is 319 g/mol. The van der Waals surface area contributed by atoms with Crippen molar-refractivity contribution in [3.8, 4) is 28.3 Å². The molecule has 0 spiro atoms. The molecule has 0 radical (unpaired) electrons. The maximum atomic E-state index is 11.2. The summed E-state index contributed by atoms with van der Waals surface area (Å²) in [4.78, 5) is 20.3. The van der Waals surface area contributed by atoms with Crippen molar-refractivity contribution in [1.82, 2.24) is 9.97 Å². The number of amides is 1. The largest absolute Gasteiger partial charge is 0.410 e. The van der Waals surface area contributed by atoms with Crippen LogP contribution in [0.15, 0.2) is 54.7 Å². The number of aryl methyl sites for hydroxylation is 2. The Morgan fingerprint density at radius 2 is 1.75 bits per heavy atom. The molecule has 120 valence electrons. The van der Waals surface area contributed by atoms with E-state index in [0.29, 0.717) is 11.4 Å². The first-order valence-corrected chi connectivity index (χ1v) is 7.52. The summed E-state index contributed by atoms with van der Waals surface area (Å²) in [7, 11) is 0. The third-order valence-corrected chi connectivity index (χ3v) is 3.62. The molecule has 0 fully saturated rings. The maximum Gasteiger partial charge on any atom is 0.410 e. The Hall–Kier alpha value is -3.21. The number of carbonyl (C=O) groups excluding carboxylic acids is 1. The van der Waals surface area contributed by atoms with Crippen LogP contribution in [0.5, 0.6) is 5.75 Å². The topological polar surface area (TPSA) is 78.1 Å². The van der Waals surface area contributed by atoms with Crippen LogP contribution >= 0.6 is 0 Å².